The Kier molecular flexibility index (Phi) is 3.89. The summed E-state index contributed by atoms with van der Waals surface area (Å²) in [7, 11) is 1.70. The lowest BCUT2D eigenvalue weighted by Gasteiger charge is -2.25. The molecule has 1 saturated heterocycles. The number of aliphatic hydroxyl groups excluding tert-OH is 2. The largest absolute Gasteiger partial charge is 0.389 e. The summed E-state index contributed by atoms with van der Waals surface area (Å²) in [5.41, 5.74) is -0.126. The van der Waals surface area contributed by atoms with Crippen LogP contribution in [0.1, 0.15) is 20.3 Å². The van der Waals surface area contributed by atoms with Crippen LogP contribution in [0.2, 0.25) is 0 Å². The Morgan fingerprint density at radius 3 is 2.21 bits per heavy atom. The minimum atomic E-state index is -0.583. The topological polar surface area (TPSA) is 52.9 Å². The predicted molar refractivity (Wildman–Crippen MR) is 54.2 cm³/mol. The maximum atomic E-state index is 9.33. The van der Waals surface area contributed by atoms with Crippen molar-refractivity contribution in [2.75, 3.05) is 26.7 Å². The molecule has 0 aromatic rings. The molecule has 1 aliphatic heterocycles. The van der Waals surface area contributed by atoms with Crippen LogP contribution < -0.4 is 0 Å². The van der Waals surface area contributed by atoms with Crippen LogP contribution in [0.25, 0.3) is 0 Å². The highest BCUT2D eigenvalue weighted by molar-refractivity contribution is 4.84. The van der Waals surface area contributed by atoms with E-state index in [1.54, 1.807) is 7.11 Å². The summed E-state index contributed by atoms with van der Waals surface area (Å²) in [4.78, 5) is 2.07. The number of methoxy groups -OCH3 is 1. The SMILES string of the molecule is COC(C)(C)CCN1CC(O)C(O)C1. The van der Waals surface area contributed by atoms with Crippen molar-refractivity contribution in [2.24, 2.45) is 0 Å². The van der Waals surface area contributed by atoms with Crippen molar-refractivity contribution in [3.8, 4) is 0 Å². The van der Waals surface area contributed by atoms with Crippen molar-refractivity contribution in [1.29, 1.82) is 0 Å². The molecule has 0 aromatic heterocycles. The number of hydrogen-bond donors (Lipinski definition) is 2. The Labute approximate surface area is 85.5 Å². The molecule has 2 N–H and O–H groups in total. The number of aliphatic hydroxyl groups is 2. The molecule has 1 fully saturated rings. The molecule has 1 aliphatic rings. The van der Waals surface area contributed by atoms with E-state index >= 15 is 0 Å². The van der Waals surface area contributed by atoms with E-state index in [2.05, 4.69) is 4.90 Å². The van der Waals surface area contributed by atoms with E-state index in [0.29, 0.717) is 13.1 Å². The van der Waals surface area contributed by atoms with Crippen molar-refractivity contribution in [1.82, 2.24) is 4.90 Å². The van der Waals surface area contributed by atoms with Crippen LogP contribution in [0.3, 0.4) is 0 Å². The summed E-state index contributed by atoms with van der Waals surface area (Å²) >= 11 is 0. The van der Waals surface area contributed by atoms with Gasteiger partial charge in [-0.3, -0.25) is 4.90 Å². The molecule has 4 heteroatoms. The van der Waals surface area contributed by atoms with Gasteiger partial charge in [-0.25, -0.2) is 0 Å². The Bertz CT molecular complexity index is 174. The van der Waals surface area contributed by atoms with Gasteiger partial charge in [-0.15, -0.1) is 0 Å². The summed E-state index contributed by atoms with van der Waals surface area (Å²) in [5.74, 6) is 0. The highest BCUT2D eigenvalue weighted by atomic mass is 16.5. The molecule has 1 rings (SSSR count). The number of ether oxygens (including phenoxy) is 1. The van der Waals surface area contributed by atoms with Gasteiger partial charge in [-0.1, -0.05) is 0 Å². The van der Waals surface area contributed by atoms with E-state index in [9.17, 15) is 10.2 Å². The molecule has 1 heterocycles. The molecule has 0 amide bonds. The average Bonchev–Trinajstić information content (AvgIpc) is 2.44. The van der Waals surface area contributed by atoms with E-state index < -0.39 is 12.2 Å². The van der Waals surface area contributed by atoms with Crippen LogP contribution in [0.4, 0.5) is 0 Å². The Morgan fingerprint density at radius 2 is 1.79 bits per heavy atom. The van der Waals surface area contributed by atoms with E-state index in [1.165, 1.54) is 0 Å². The van der Waals surface area contributed by atoms with Crippen LogP contribution in [-0.2, 0) is 4.74 Å². The predicted octanol–water partition coefficient (Wildman–Crippen LogP) is -0.161. The van der Waals surface area contributed by atoms with Crippen molar-refractivity contribution in [3.05, 3.63) is 0 Å². The summed E-state index contributed by atoms with van der Waals surface area (Å²) in [6, 6.07) is 0. The van der Waals surface area contributed by atoms with Gasteiger partial charge in [0.2, 0.25) is 0 Å². The third-order valence-corrected chi connectivity index (χ3v) is 2.92. The van der Waals surface area contributed by atoms with E-state index in [1.807, 2.05) is 13.8 Å². The third kappa shape index (κ3) is 3.20. The number of likely N-dealkylation sites (tertiary alicyclic amines) is 1. The summed E-state index contributed by atoms with van der Waals surface area (Å²) in [5, 5.41) is 18.7. The second-order valence-corrected chi connectivity index (χ2v) is 4.61. The first-order chi connectivity index (χ1) is 6.44. The molecule has 14 heavy (non-hydrogen) atoms. The van der Waals surface area contributed by atoms with Gasteiger partial charge in [-0.05, 0) is 20.3 Å². The van der Waals surface area contributed by atoms with Gasteiger partial charge in [0.05, 0.1) is 17.8 Å². The minimum absolute atomic E-state index is 0.126. The quantitative estimate of drug-likeness (QED) is 0.666. The van der Waals surface area contributed by atoms with Gasteiger partial charge < -0.3 is 14.9 Å². The molecular weight excluding hydrogens is 182 g/mol. The first kappa shape index (κ1) is 11.9. The zero-order valence-electron chi connectivity index (χ0n) is 9.23. The van der Waals surface area contributed by atoms with Crippen LogP contribution in [0.15, 0.2) is 0 Å². The molecular formula is C10H21NO3. The van der Waals surface area contributed by atoms with E-state index in [-0.39, 0.29) is 5.60 Å². The van der Waals surface area contributed by atoms with Gasteiger partial charge in [0.15, 0.2) is 0 Å². The van der Waals surface area contributed by atoms with Crippen molar-refractivity contribution in [2.45, 2.75) is 38.1 Å². The second kappa shape index (κ2) is 4.57. The van der Waals surface area contributed by atoms with Crippen LogP contribution in [0.5, 0.6) is 0 Å². The average molecular weight is 203 g/mol. The lowest BCUT2D eigenvalue weighted by Crippen LogP contribution is -2.31. The summed E-state index contributed by atoms with van der Waals surface area (Å²) < 4.78 is 5.30. The number of hydrogen-bond acceptors (Lipinski definition) is 4. The fourth-order valence-electron chi connectivity index (χ4n) is 1.56. The highest BCUT2D eigenvalue weighted by Crippen LogP contribution is 2.16. The molecule has 0 spiro atoms. The van der Waals surface area contributed by atoms with Gasteiger partial charge in [0, 0.05) is 26.7 Å². The van der Waals surface area contributed by atoms with Crippen molar-refractivity contribution in [3.63, 3.8) is 0 Å². The number of rotatable bonds is 4. The van der Waals surface area contributed by atoms with Crippen molar-refractivity contribution < 1.29 is 14.9 Å². The molecule has 84 valence electrons. The van der Waals surface area contributed by atoms with Crippen LogP contribution in [0, 0.1) is 0 Å². The standard InChI is InChI=1S/C10H21NO3/c1-10(2,14-3)4-5-11-6-8(12)9(13)7-11/h8-9,12-13H,4-7H2,1-3H3. The molecule has 0 aromatic carbocycles. The summed E-state index contributed by atoms with van der Waals surface area (Å²) in [6.45, 7) is 6.07. The Morgan fingerprint density at radius 1 is 1.29 bits per heavy atom. The number of nitrogens with zero attached hydrogens (tertiary/aromatic N) is 1. The fourth-order valence-corrected chi connectivity index (χ4v) is 1.56. The van der Waals surface area contributed by atoms with Gasteiger partial charge >= 0.3 is 0 Å². The molecule has 0 bridgehead atoms. The van der Waals surface area contributed by atoms with Gasteiger partial charge in [-0.2, -0.15) is 0 Å². The monoisotopic (exact) mass is 203 g/mol. The molecule has 2 unspecified atom stereocenters. The van der Waals surface area contributed by atoms with Gasteiger partial charge in [0.25, 0.3) is 0 Å². The molecule has 0 saturated carbocycles. The van der Waals surface area contributed by atoms with Crippen LogP contribution in [-0.4, -0.2) is 59.7 Å². The summed E-state index contributed by atoms with van der Waals surface area (Å²) in [6.07, 6.45) is -0.260. The molecule has 0 radical (unpaired) electrons. The number of β-amino-alcohol motifs (C(OH)–C–C–N with tert-alkyl or cyclic N) is 2. The molecule has 0 aliphatic carbocycles. The Balaban J connectivity index is 2.27. The first-order valence-corrected chi connectivity index (χ1v) is 5.08. The fraction of sp³-hybridized carbons (Fsp3) is 1.00. The Hall–Kier alpha value is -0.160. The lowest BCUT2D eigenvalue weighted by molar-refractivity contribution is 0.00808. The zero-order chi connectivity index (χ0) is 10.8. The van der Waals surface area contributed by atoms with Gasteiger partial charge in [0.1, 0.15) is 0 Å². The van der Waals surface area contributed by atoms with E-state index in [4.69, 9.17) is 4.74 Å². The maximum absolute atomic E-state index is 9.33. The molecule has 4 nitrogen and oxygen atoms in total. The normalized spacial score (nSPS) is 29.8. The minimum Gasteiger partial charge on any atom is -0.389 e. The lowest BCUT2D eigenvalue weighted by atomic mass is 10.1. The van der Waals surface area contributed by atoms with Crippen LogP contribution >= 0.6 is 0 Å². The second-order valence-electron chi connectivity index (χ2n) is 4.61. The third-order valence-electron chi connectivity index (χ3n) is 2.92. The smallest absolute Gasteiger partial charge is 0.0938 e. The van der Waals surface area contributed by atoms with Crippen molar-refractivity contribution >= 4 is 0 Å². The molecule has 2 atom stereocenters. The first-order valence-electron chi connectivity index (χ1n) is 5.08. The highest BCUT2D eigenvalue weighted by Gasteiger charge is 2.30. The maximum Gasteiger partial charge on any atom is 0.0938 e. The van der Waals surface area contributed by atoms with E-state index in [0.717, 1.165) is 13.0 Å². The zero-order valence-corrected chi connectivity index (χ0v) is 9.23.